The van der Waals surface area contributed by atoms with Crippen molar-refractivity contribution in [3.8, 4) is 5.75 Å². The van der Waals surface area contributed by atoms with Crippen molar-refractivity contribution in [1.82, 2.24) is 0 Å². The van der Waals surface area contributed by atoms with E-state index in [2.05, 4.69) is 22.6 Å². The first kappa shape index (κ1) is 9.84. The van der Waals surface area contributed by atoms with Crippen molar-refractivity contribution in [3.63, 3.8) is 0 Å². The molecule has 0 saturated carbocycles. The zero-order valence-electron chi connectivity index (χ0n) is 7.39. The van der Waals surface area contributed by atoms with Gasteiger partial charge in [0.1, 0.15) is 5.75 Å². The van der Waals surface area contributed by atoms with E-state index >= 15 is 0 Å². The van der Waals surface area contributed by atoms with Gasteiger partial charge >= 0.3 is 0 Å². The minimum Gasteiger partial charge on any atom is -0.508 e. The SMILES string of the molecule is Cc1cc(O)cc(C)c1CCI. The lowest BCUT2D eigenvalue weighted by Crippen LogP contribution is -1.94. The maximum absolute atomic E-state index is 9.28. The molecule has 1 N–H and O–H groups in total. The van der Waals surface area contributed by atoms with Crippen LogP contribution < -0.4 is 0 Å². The van der Waals surface area contributed by atoms with Crippen LogP contribution in [0.2, 0.25) is 0 Å². The van der Waals surface area contributed by atoms with Crippen LogP contribution in [0.15, 0.2) is 12.1 Å². The molecule has 0 aliphatic heterocycles. The molecule has 0 bridgehead atoms. The van der Waals surface area contributed by atoms with E-state index in [1.807, 2.05) is 26.0 Å². The van der Waals surface area contributed by atoms with E-state index < -0.39 is 0 Å². The first-order chi connectivity index (χ1) is 5.65. The molecule has 0 fully saturated rings. The van der Waals surface area contributed by atoms with E-state index in [-0.39, 0.29) is 0 Å². The molecule has 0 aliphatic carbocycles. The molecule has 12 heavy (non-hydrogen) atoms. The Hall–Kier alpha value is -0.250. The molecular weight excluding hydrogens is 263 g/mol. The zero-order valence-corrected chi connectivity index (χ0v) is 9.55. The summed E-state index contributed by atoms with van der Waals surface area (Å²) >= 11 is 2.37. The molecule has 0 amide bonds. The Morgan fingerprint density at radius 3 is 2.17 bits per heavy atom. The summed E-state index contributed by atoms with van der Waals surface area (Å²) in [6.45, 7) is 4.10. The highest BCUT2D eigenvalue weighted by Gasteiger charge is 2.03. The van der Waals surface area contributed by atoms with Crippen LogP contribution >= 0.6 is 22.6 Å². The summed E-state index contributed by atoms with van der Waals surface area (Å²) in [5.41, 5.74) is 3.77. The average Bonchev–Trinajstić information content (AvgIpc) is 1.96. The summed E-state index contributed by atoms with van der Waals surface area (Å²) in [6.07, 6.45) is 1.10. The van der Waals surface area contributed by atoms with Crippen molar-refractivity contribution < 1.29 is 5.11 Å². The summed E-state index contributed by atoms with van der Waals surface area (Å²) in [5, 5.41) is 9.28. The van der Waals surface area contributed by atoms with Gasteiger partial charge in [-0.25, -0.2) is 0 Å². The fourth-order valence-electron chi connectivity index (χ4n) is 1.46. The number of benzene rings is 1. The Balaban J connectivity index is 3.10. The fraction of sp³-hybridized carbons (Fsp3) is 0.400. The number of hydrogen-bond donors (Lipinski definition) is 1. The first-order valence-electron chi connectivity index (χ1n) is 4.00. The zero-order chi connectivity index (χ0) is 9.14. The van der Waals surface area contributed by atoms with Gasteiger partial charge in [-0.2, -0.15) is 0 Å². The quantitative estimate of drug-likeness (QED) is 0.650. The number of alkyl halides is 1. The molecule has 0 heterocycles. The minimum absolute atomic E-state index is 0.377. The predicted molar refractivity (Wildman–Crippen MR) is 60.2 cm³/mol. The Bertz CT molecular complexity index is 258. The van der Waals surface area contributed by atoms with E-state index in [1.165, 1.54) is 16.7 Å². The van der Waals surface area contributed by atoms with Gasteiger partial charge in [0, 0.05) is 4.43 Å². The molecule has 0 aromatic heterocycles. The van der Waals surface area contributed by atoms with Gasteiger partial charge in [0.15, 0.2) is 0 Å². The van der Waals surface area contributed by atoms with Crippen molar-refractivity contribution in [1.29, 1.82) is 0 Å². The summed E-state index contributed by atoms with van der Waals surface area (Å²) in [4.78, 5) is 0. The van der Waals surface area contributed by atoms with Crippen LogP contribution in [0.25, 0.3) is 0 Å². The molecule has 0 aliphatic rings. The molecule has 1 rings (SSSR count). The Morgan fingerprint density at radius 1 is 1.25 bits per heavy atom. The van der Waals surface area contributed by atoms with Crippen LogP contribution in [0.3, 0.4) is 0 Å². The average molecular weight is 276 g/mol. The third-order valence-corrected chi connectivity index (χ3v) is 2.56. The number of aromatic hydroxyl groups is 1. The first-order valence-corrected chi connectivity index (χ1v) is 5.52. The predicted octanol–water partition coefficient (Wildman–Crippen LogP) is 2.99. The number of phenolic OH excluding ortho intramolecular Hbond substituents is 1. The third-order valence-electron chi connectivity index (χ3n) is 2.03. The van der Waals surface area contributed by atoms with Crippen LogP contribution in [-0.2, 0) is 6.42 Å². The van der Waals surface area contributed by atoms with Crippen LogP contribution in [0.4, 0.5) is 0 Å². The van der Waals surface area contributed by atoms with Gasteiger partial charge in [0.25, 0.3) is 0 Å². The van der Waals surface area contributed by atoms with Gasteiger partial charge < -0.3 is 5.11 Å². The van der Waals surface area contributed by atoms with Gasteiger partial charge in [0.05, 0.1) is 0 Å². The van der Waals surface area contributed by atoms with Crippen molar-refractivity contribution in [2.45, 2.75) is 20.3 Å². The number of phenols is 1. The largest absolute Gasteiger partial charge is 0.508 e. The molecule has 1 aromatic carbocycles. The van der Waals surface area contributed by atoms with Crippen LogP contribution in [0.1, 0.15) is 16.7 Å². The van der Waals surface area contributed by atoms with E-state index in [9.17, 15) is 5.11 Å². The number of aryl methyl sites for hydroxylation is 2. The fourth-order valence-corrected chi connectivity index (χ4v) is 2.00. The van der Waals surface area contributed by atoms with Crippen LogP contribution in [0.5, 0.6) is 5.75 Å². The summed E-state index contributed by atoms with van der Waals surface area (Å²) < 4.78 is 1.13. The second-order valence-electron chi connectivity index (χ2n) is 3.00. The summed E-state index contributed by atoms with van der Waals surface area (Å²) in [7, 11) is 0. The molecule has 0 saturated heterocycles. The molecule has 0 unspecified atom stereocenters. The lowest BCUT2D eigenvalue weighted by molar-refractivity contribution is 0.474. The smallest absolute Gasteiger partial charge is 0.116 e. The van der Waals surface area contributed by atoms with E-state index in [1.54, 1.807) is 0 Å². The molecule has 0 radical (unpaired) electrons. The molecule has 0 spiro atoms. The topological polar surface area (TPSA) is 20.2 Å². The third kappa shape index (κ3) is 2.12. The van der Waals surface area contributed by atoms with Crippen LogP contribution in [-0.4, -0.2) is 9.53 Å². The van der Waals surface area contributed by atoms with Gasteiger partial charge in [-0.15, -0.1) is 0 Å². The molecule has 1 aromatic rings. The van der Waals surface area contributed by atoms with Crippen molar-refractivity contribution >= 4 is 22.6 Å². The van der Waals surface area contributed by atoms with Gasteiger partial charge in [0.2, 0.25) is 0 Å². The standard InChI is InChI=1S/C10H13IO/c1-7-5-9(12)6-8(2)10(7)3-4-11/h5-6,12H,3-4H2,1-2H3. The van der Waals surface area contributed by atoms with Gasteiger partial charge in [-0.05, 0) is 49.1 Å². The highest BCUT2D eigenvalue weighted by atomic mass is 127. The Labute approximate surface area is 86.9 Å². The van der Waals surface area contributed by atoms with Crippen molar-refractivity contribution in [2.75, 3.05) is 4.43 Å². The summed E-state index contributed by atoms with van der Waals surface area (Å²) in [5.74, 6) is 0.377. The second-order valence-corrected chi connectivity index (χ2v) is 4.08. The number of halogens is 1. The summed E-state index contributed by atoms with van der Waals surface area (Å²) in [6, 6.07) is 3.66. The van der Waals surface area contributed by atoms with E-state index in [4.69, 9.17) is 0 Å². The normalized spacial score (nSPS) is 10.2. The van der Waals surface area contributed by atoms with Crippen molar-refractivity contribution in [3.05, 3.63) is 28.8 Å². The Morgan fingerprint density at radius 2 is 1.75 bits per heavy atom. The maximum Gasteiger partial charge on any atom is 0.116 e. The molecule has 2 heteroatoms. The van der Waals surface area contributed by atoms with E-state index in [0.29, 0.717) is 5.75 Å². The lowest BCUT2D eigenvalue weighted by atomic mass is 10.0. The van der Waals surface area contributed by atoms with Crippen LogP contribution in [0, 0.1) is 13.8 Å². The monoisotopic (exact) mass is 276 g/mol. The lowest BCUT2D eigenvalue weighted by Gasteiger charge is -2.08. The van der Waals surface area contributed by atoms with Gasteiger partial charge in [-0.1, -0.05) is 22.6 Å². The second kappa shape index (κ2) is 4.12. The maximum atomic E-state index is 9.28. The van der Waals surface area contributed by atoms with E-state index in [0.717, 1.165) is 10.8 Å². The number of rotatable bonds is 2. The highest BCUT2D eigenvalue weighted by molar-refractivity contribution is 14.1. The molecule has 0 atom stereocenters. The minimum atomic E-state index is 0.377. The van der Waals surface area contributed by atoms with Gasteiger partial charge in [-0.3, -0.25) is 0 Å². The highest BCUT2D eigenvalue weighted by Crippen LogP contribution is 2.21. The molecule has 1 nitrogen and oxygen atoms in total. The Kier molecular flexibility index (Phi) is 3.38. The molecule has 66 valence electrons. The number of hydrogen-bond acceptors (Lipinski definition) is 1. The molecular formula is C10H13IO. The van der Waals surface area contributed by atoms with Crippen molar-refractivity contribution in [2.24, 2.45) is 0 Å².